The molecule has 0 fully saturated rings. The smallest absolute Gasteiger partial charge is 0.507 e. The molecule has 0 saturated heterocycles. The molecule has 5 nitrogen and oxygen atoms in total. The first-order valence-corrected chi connectivity index (χ1v) is 12.7. The van der Waals surface area contributed by atoms with E-state index in [9.17, 15) is 9.67 Å². The summed E-state index contributed by atoms with van der Waals surface area (Å²) in [5, 5.41) is 9.98. The first-order valence-electron chi connectivity index (χ1n) is 11.2. The second-order valence-electron chi connectivity index (χ2n) is 9.06. The van der Waals surface area contributed by atoms with Crippen LogP contribution in [0.1, 0.15) is 45.4 Å². The first-order chi connectivity index (χ1) is 15.6. The lowest BCUT2D eigenvalue weighted by atomic mass is 9.95. The van der Waals surface area contributed by atoms with Crippen LogP contribution in [0, 0.1) is 41.5 Å². The fourth-order valence-corrected chi connectivity index (χ4v) is 5.92. The van der Waals surface area contributed by atoms with Crippen molar-refractivity contribution < 1.29 is 23.2 Å². The van der Waals surface area contributed by atoms with Crippen LogP contribution >= 0.6 is 7.82 Å². The molecule has 1 N–H and O–H groups in total. The average Bonchev–Trinajstić information content (AvgIpc) is 2.85. The fourth-order valence-electron chi connectivity index (χ4n) is 4.49. The molecular formula is C27H31O5P. The molecule has 0 amide bonds. The molecule has 0 atom stereocenters. The molecule has 3 aromatic rings. The van der Waals surface area contributed by atoms with E-state index in [-0.39, 0.29) is 6.61 Å². The monoisotopic (exact) mass is 466 g/mol. The molecular weight excluding hydrogens is 435 g/mol. The van der Waals surface area contributed by atoms with Gasteiger partial charge in [-0.05, 0) is 105 Å². The molecule has 3 aromatic carbocycles. The predicted octanol–water partition coefficient (Wildman–Crippen LogP) is 7.44. The zero-order valence-electron chi connectivity index (χ0n) is 20.1. The summed E-state index contributed by atoms with van der Waals surface area (Å²) in [5.41, 5.74) is 8.49. The summed E-state index contributed by atoms with van der Waals surface area (Å²) in [4.78, 5) is 0. The van der Waals surface area contributed by atoms with E-state index < -0.39 is 7.82 Å². The Bertz CT molecular complexity index is 1190. The minimum absolute atomic E-state index is 0.219. The minimum atomic E-state index is -3.89. The van der Waals surface area contributed by atoms with E-state index in [0.29, 0.717) is 23.7 Å². The van der Waals surface area contributed by atoms with Crippen molar-refractivity contribution in [2.24, 2.45) is 0 Å². The summed E-state index contributed by atoms with van der Waals surface area (Å²) in [6.45, 7) is 11.9. The Morgan fingerprint density at radius 1 is 0.758 bits per heavy atom. The third-order valence-electron chi connectivity index (χ3n) is 5.94. The fraction of sp³-hybridized carbons (Fsp3) is 0.333. The van der Waals surface area contributed by atoms with Crippen molar-refractivity contribution in [3.05, 3.63) is 75.3 Å². The number of aryl methyl sites for hydroxylation is 7. The molecule has 4 rings (SSSR count). The molecule has 0 aliphatic carbocycles. The zero-order valence-corrected chi connectivity index (χ0v) is 21.0. The number of rotatable bonds is 5. The zero-order chi connectivity index (χ0) is 23.9. The van der Waals surface area contributed by atoms with Crippen molar-refractivity contribution in [1.82, 2.24) is 0 Å². The lowest BCUT2D eigenvalue weighted by molar-refractivity contribution is 0.208. The van der Waals surface area contributed by atoms with Gasteiger partial charge < -0.3 is 14.2 Å². The van der Waals surface area contributed by atoms with E-state index in [1.54, 1.807) is 0 Å². The number of hydrogen-bond donors (Lipinski definition) is 1. The van der Waals surface area contributed by atoms with E-state index in [0.717, 1.165) is 56.5 Å². The van der Waals surface area contributed by atoms with E-state index in [1.807, 2.05) is 77.9 Å². The van der Waals surface area contributed by atoms with Crippen LogP contribution in [0.3, 0.4) is 0 Å². The maximum atomic E-state index is 13.7. The molecule has 0 radical (unpaired) electrons. The van der Waals surface area contributed by atoms with Gasteiger partial charge in [-0.3, -0.25) is 4.52 Å². The number of benzene rings is 3. The number of hydrogen-bond acceptors (Lipinski definition) is 5. The van der Waals surface area contributed by atoms with Crippen LogP contribution in [-0.4, -0.2) is 11.7 Å². The van der Waals surface area contributed by atoms with Crippen LogP contribution < -0.4 is 9.05 Å². The number of phosphoric acid groups is 1. The van der Waals surface area contributed by atoms with E-state index >= 15 is 0 Å². The molecule has 33 heavy (non-hydrogen) atoms. The van der Waals surface area contributed by atoms with Crippen LogP contribution in [0.15, 0.2) is 36.4 Å². The highest BCUT2D eigenvalue weighted by atomic mass is 31.2. The highest BCUT2D eigenvalue weighted by molar-refractivity contribution is 7.49. The van der Waals surface area contributed by atoms with Gasteiger partial charge >= 0.3 is 7.82 Å². The van der Waals surface area contributed by atoms with Gasteiger partial charge in [-0.1, -0.05) is 24.3 Å². The molecule has 0 saturated carbocycles. The molecule has 6 heteroatoms. The lowest BCUT2D eigenvalue weighted by Gasteiger charge is -2.19. The van der Waals surface area contributed by atoms with Gasteiger partial charge in [-0.25, -0.2) is 4.57 Å². The second kappa shape index (κ2) is 8.89. The van der Waals surface area contributed by atoms with Gasteiger partial charge in [0.1, 0.15) is 17.2 Å². The van der Waals surface area contributed by atoms with E-state index in [4.69, 9.17) is 13.6 Å². The Hall–Kier alpha value is -2.75. The van der Waals surface area contributed by atoms with Crippen LogP contribution in [-0.2, 0) is 15.5 Å². The quantitative estimate of drug-likeness (QED) is 0.313. The summed E-state index contributed by atoms with van der Waals surface area (Å²) in [7, 11) is -3.89. The third-order valence-corrected chi connectivity index (χ3v) is 7.26. The molecule has 0 aromatic heterocycles. The van der Waals surface area contributed by atoms with Gasteiger partial charge in [0, 0.05) is 11.1 Å². The Balaban J connectivity index is 1.59. The Morgan fingerprint density at radius 2 is 1.24 bits per heavy atom. The SMILES string of the molecule is Cc1cc(C)c2c(c1)-c1cc(C)cc(C)c1OP(=O)(OCCCc1cc(C)c(O)c(C)c1)O2. The highest BCUT2D eigenvalue weighted by Crippen LogP contribution is 2.58. The number of fused-ring (bicyclic) bond motifs is 3. The van der Waals surface area contributed by atoms with Crippen molar-refractivity contribution in [2.45, 2.75) is 54.4 Å². The number of phosphoric ester groups is 1. The van der Waals surface area contributed by atoms with Crippen LogP contribution in [0.25, 0.3) is 11.1 Å². The van der Waals surface area contributed by atoms with Crippen molar-refractivity contribution in [3.63, 3.8) is 0 Å². The van der Waals surface area contributed by atoms with Crippen LogP contribution in [0.4, 0.5) is 0 Å². The van der Waals surface area contributed by atoms with Gasteiger partial charge in [0.25, 0.3) is 0 Å². The van der Waals surface area contributed by atoms with E-state index in [1.165, 1.54) is 0 Å². The number of phenols is 1. The van der Waals surface area contributed by atoms with Gasteiger partial charge in [0.2, 0.25) is 0 Å². The molecule has 174 valence electrons. The van der Waals surface area contributed by atoms with Crippen molar-refractivity contribution in [2.75, 3.05) is 6.61 Å². The lowest BCUT2D eigenvalue weighted by Crippen LogP contribution is -2.07. The topological polar surface area (TPSA) is 65.0 Å². The van der Waals surface area contributed by atoms with Gasteiger partial charge in [0.15, 0.2) is 0 Å². The largest absolute Gasteiger partial charge is 0.587 e. The number of phenolic OH excluding ortho intramolecular Hbond substituents is 1. The molecule has 0 unspecified atom stereocenters. The van der Waals surface area contributed by atoms with Crippen LogP contribution in [0.2, 0.25) is 0 Å². The maximum absolute atomic E-state index is 13.7. The van der Waals surface area contributed by atoms with Gasteiger partial charge in [-0.15, -0.1) is 0 Å². The molecule has 1 heterocycles. The van der Waals surface area contributed by atoms with E-state index in [2.05, 4.69) is 0 Å². The standard InChI is InChI=1S/C27H31O5P/c1-16-10-20(5)26-23(12-16)24-13-17(2)11-21(6)27(24)32-33(29,31-26)30-9-7-8-22-14-18(3)25(28)19(4)15-22/h10-15,28H,7-9H2,1-6H3. The Kier molecular flexibility index (Phi) is 6.30. The maximum Gasteiger partial charge on any atom is 0.587 e. The molecule has 0 bridgehead atoms. The normalized spacial score (nSPS) is 14.0. The summed E-state index contributed by atoms with van der Waals surface area (Å²) >= 11 is 0. The Morgan fingerprint density at radius 3 is 1.73 bits per heavy atom. The molecule has 1 aliphatic heterocycles. The van der Waals surface area contributed by atoms with Gasteiger partial charge in [-0.2, -0.15) is 0 Å². The third kappa shape index (κ3) is 4.80. The summed E-state index contributed by atoms with van der Waals surface area (Å²) in [6.07, 6.45) is 1.37. The predicted molar refractivity (Wildman–Crippen MR) is 132 cm³/mol. The first kappa shape index (κ1) is 23.4. The average molecular weight is 467 g/mol. The van der Waals surface area contributed by atoms with Crippen LogP contribution in [0.5, 0.6) is 17.2 Å². The summed E-state index contributed by atoms with van der Waals surface area (Å²) in [5.74, 6) is 1.41. The van der Waals surface area contributed by atoms with Crippen molar-refractivity contribution in [3.8, 4) is 28.4 Å². The number of aromatic hydroxyl groups is 1. The molecule has 0 spiro atoms. The van der Waals surface area contributed by atoms with Crippen molar-refractivity contribution in [1.29, 1.82) is 0 Å². The summed E-state index contributed by atoms with van der Waals surface area (Å²) in [6, 6.07) is 12.0. The Labute approximate surface area is 196 Å². The molecule has 1 aliphatic rings. The summed E-state index contributed by atoms with van der Waals surface area (Å²) < 4.78 is 31.5. The van der Waals surface area contributed by atoms with Gasteiger partial charge in [0.05, 0.1) is 6.61 Å². The highest BCUT2D eigenvalue weighted by Gasteiger charge is 2.37. The van der Waals surface area contributed by atoms with Crippen molar-refractivity contribution >= 4 is 7.82 Å². The second-order valence-corrected chi connectivity index (χ2v) is 10.6. The minimum Gasteiger partial charge on any atom is -0.507 e.